The first-order chi connectivity index (χ1) is 19.4. The minimum atomic E-state index is -0.974. The van der Waals surface area contributed by atoms with Gasteiger partial charge in [0, 0.05) is 18.9 Å². The van der Waals surface area contributed by atoms with Crippen LogP contribution in [0.3, 0.4) is 0 Å². The molecular weight excluding hydrogens is 508 g/mol. The number of amides is 2. The molecule has 0 heterocycles. The Bertz CT molecular complexity index is 1250. The Labute approximate surface area is 234 Å². The van der Waals surface area contributed by atoms with E-state index in [1.54, 1.807) is 6.92 Å². The van der Waals surface area contributed by atoms with E-state index in [2.05, 4.69) is 22.8 Å². The van der Waals surface area contributed by atoms with E-state index in [-0.39, 0.29) is 31.5 Å². The smallest absolute Gasteiger partial charge is 0.407 e. The topological polar surface area (TPSA) is 114 Å². The summed E-state index contributed by atoms with van der Waals surface area (Å²) in [7, 11) is 0. The van der Waals surface area contributed by atoms with Crippen LogP contribution in [-0.4, -0.2) is 48.4 Å². The molecule has 1 aliphatic rings. The van der Waals surface area contributed by atoms with Crippen LogP contribution in [0.15, 0.2) is 78.9 Å². The zero-order valence-electron chi connectivity index (χ0n) is 22.7. The molecule has 2 atom stereocenters. The number of unbranched alkanes of at least 4 members (excludes halogenated alkanes) is 2. The predicted octanol–water partition coefficient (Wildman–Crippen LogP) is 5.26. The minimum Gasteiger partial charge on any atom is -0.481 e. The highest BCUT2D eigenvalue weighted by atomic mass is 16.5. The first kappa shape index (κ1) is 28.8. The highest BCUT2D eigenvalue weighted by Gasteiger charge is 2.31. The molecule has 0 saturated heterocycles. The van der Waals surface area contributed by atoms with Gasteiger partial charge in [-0.1, -0.05) is 85.3 Å². The lowest BCUT2D eigenvalue weighted by Crippen LogP contribution is -2.53. The van der Waals surface area contributed by atoms with E-state index in [1.165, 1.54) is 0 Å². The lowest BCUT2D eigenvalue weighted by molar-refractivity contribution is -0.137. The van der Waals surface area contributed by atoms with Gasteiger partial charge in [0.15, 0.2) is 0 Å². The third kappa shape index (κ3) is 7.70. The van der Waals surface area contributed by atoms with Crippen LogP contribution in [0, 0.1) is 0 Å². The predicted molar refractivity (Wildman–Crippen MR) is 152 cm³/mol. The minimum absolute atomic E-state index is 0.0945. The lowest BCUT2D eigenvalue weighted by atomic mass is 9.98. The molecule has 4 rings (SSSR count). The highest BCUT2D eigenvalue weighted by Crippen LogP contribution is 2.44. The highest BCUT2D eigenvalue weighted by molar-refractivity contribution is 5.86. The molecule has 2 unspecified atom stereocenters. The van der Waals surface area contributed by atoms with E-state index in [4.69, 9.17) is 14.6 Å². The molecule has 0 spiro atoms. The van der Waals surface area contributed by atoms with Crippen molar-refractivity contribution in [2.75, 3.05) is 13.2 Å². The summed E-state index contributed by atoms with van der Waals surface area (Å²) in [6.07, 6.45) is 0.631. The zero-order valence-corrected chi connectivity index (χ0v) is 22.7. The summed E-state index contributed by atoms with van der Waals surface area (Å²) in [6.45, 7) is 2.53. The van der Waals surface area contributed by atoms with Gasteiger partial charge in [0.25, 0.3) is 0 Å². The Balaban J connectivity index is 1.36. The monoisotopic (exact) mass is 544 g/mol. The third-order valence-electron chi connectivity index (χ3n) is 7.09. The van der Waals surface area contributed by atoms with Gasteiger partial charge in [-0.25, -0.2) is 4.79 Å². The van der Waals surface area contributed by atoms with Crippen molar-refractivity contribution in [1.82, 2.24) is 10.6 Å². The van der Waals surface area contributed by atoms with Gasteiger partial charge >= 0.3 is 12.1 Å². The Kier molecular flexibility index (Phi) is 10.3. The van der Waals surface area contributed by atoms with Gasteiger partial charge in [0.1, 0.15) is 12.6 Å². The fourth-order valence-electron chi connectivity index (χ4n) is 4.96. The van der Waals surface area contributed by atoms with Crippen LogP contribution in [0.1, 0.15) is 55.2 Å². The fourth-order valence-corrected chi connectivity index (χ4v) is 4.96. The molecular formula is C32H36N2O6. The molecule has 0 radical (unpaired) electrons. The molecule has 0 bridgehead atoms. The van der Waals surface area contributed by atoms with Crippen LogP contribution in [0.2, 0.25) is 0 Å². The fraction of sp³-hybridized carbons (Fsp3) is 0.344. The number of nitrogens with one attached hydrogen (secondary N) is 2. The maximum atomic E-state index is 13.1. The number of hydrogen-bond donors (Lipinski definition) is 3. The second-order valence-electron chi connectivity index (χ2n) is 9.94. The summed E-state index contributed by atoms with van der Waals surface area (Å²) in [4.78, 5) is 36.8. The summed E-state index contributed by atoms with van der Waals surface area (Å²) in [5.74, 6) is -1.31. The molecule has 40 heavy (non-hydrogen) atoms. The van der Waals surface area contributed by atoms with Crippen LogP contribution in [0.5, 0.6) is 0 Å². The molecule has 0 fully saturated rings. The standard InChI is InChI=1S/C32H36N2O6/c1-22(39-20-23-12-4-2-5-13-23)30(31(37)33-19-11-3-6-18-29(35)36)34-32(38)40-21-28-26-16-9-7-14-24(26)25-15-8-10-17-27(25)28/h2,4-5,7-10,12-17,22,28,30H,3,6,11,18-21H2,1H3,(H,33,37)(H,34,38)(H,35,36). The van der Waals surface area contributed by atoms with Crippen LogP contribution in [0.25, 0.3) is 11.1 Å². The van der Waals surface area contributed by atoms with Gasteiger partial charge in [-0.2, -0.15) is 0 Å². The average Bonchev–Trinajstić information content (AvgIpc) is 3.29. The van der Waals surface area contributed by atoms with Crippen LogP contribution >= 0.6 is 0 Å². The van der Waals surface area contributed by atoms with Gasteiger partial charge in [0.2, 0.25) is 5.91 Å². The number of carbonyl (C=O) groups is 3. The molecule has 1 aliphatic carbocycles. The normalized spacial score (nSPS) is 13.5. The largest absolute Gasteiger partial charge is 0.481 e. The number of carboxylic acid groups (broad SMARTS) is 1. The molecule has 8 nitrogen and oxygen atoms in total. The van der Waals surface area contributed by atoms with Crippen molar-refractivity contribution in [2.24, 2.45) is 0 Å². The van der Waals surface area contributed by atoms with Gasteiger partial charge in [-0.3, -0.25) is 9.59 Å². The van der Waals surface area contributed by atoms with Gasteiger partial charge in [-0.05, 0) is 47.6 Å². The molecule has 210 valence electrons. The van der Waals surface area contributed by atoms with Crippen LogP contribution < -0.4 is 10.6 Å². The second kappa shape index (κ2) is 14.3. The number of fused-ring (bicyclic) bond motifs is 3. The number of ether oxygens (including phenoxy) is 2. The molecule has 8 heteroatoms. The maximum absolute atomic E-state index is 13.1. The summed E-state index contributed by atoms with van der Waals surface area (Å²) >= 11 is 0. The van der Waals surface area contributed by atoms with Gasteiger partial charge in [-0.15, -0.1) is 0 Å². The van der Waals surface area contributed by atoms with Crippen LogP contribution in [-0.2, 0) is 25.7 Å². The van der Waals surface area contributed by atoms with Crippen molar-refractivity contribution in [1.29, 1.82) is 0 Å². The summed E-state index contributed by atoms with van der Waals surface area (Å²) in [6, 6.07) is 24.8. The summed E-state index contributed by atoms with van der Waals surface area (Å²) < 4.78 is 11.6. The number of alkyl carbamates (subject to hydrolysis) is 1. The molecule has 3 N–H and O–H groups in total. The molecule has 0 aliphatic heterocycles. The summed E-state index contributed by atoms with van der Waals surface area (Å²) in [5, 5.41) is 14.3. The first-order valence-corrected chi connectivity index (χ1v) is 13.7. The van der Waals surface area contributed by atoms with Crippen molar-refractivity contribution >= 4 is 18.0 Å². The van der Waals surface area contributed by atoms with Crippen LogP contribution in [0.4, 0.5) is 4.79 Å². The zero-order chi connectivity index (χ0) is 28.3. The van der Waals surface area contributed by atoms with E-state index in [1.807, 2.05) is 66.7 Å². The van der Waals surface area contributed by atoms with E-state index in [0.29, 0.717) is 25.8 Å². The van der Waals surface area contributed by atoms with E-state index >= 15 is 0 Å². The second-order valence-corrected chi connectivity index (χ2v) is 9.94. The Morgan fingerprint density at radius 1 is 0.850 bits per heavy atom. The number of aliphatic carboxylic acids is 1. The summed E-state index contributed by atoms with van der Waals surface area (Å²) in [5.41, 5.74) is 5.43. The van der Waals surface area contributed by atoms with Crippen molar-refractivity contribution in [2.45, 2.75) is 57.3 Å². The SMILES string of the molecule is CC(OCc1ccccc1)C(NC(=O)OCC1c2ccccc2-c2ccccc21)C(=O)NCCCCCC(=O)O. The molecule has 2 amide bonds. The van der Waals surface area contributed by atoms with Crippen molar-refractivity contribution in [3.63, 3.8) is 0 Å². The Morgan fingerprint density at radius 2 is 1.48 bits per heavy atom. The van der Waals surface area contributed by atoms with Gasteiger partial charge < -0.3 is 25.2 Å². The van der Waals surface area contributed by atoms with E-state index < -0.39 is 24.2 Å². The Morgan fingerprint density at radius 3 is 2.12 bits per heavy atom. The first-order valence-electron chi connectivity index (χ1n) is 13.7. The third-order valence-corrected chi connectivity index (χ3v) is 7.09. The van der Waals surface area contributed by atoms with Crippen molar-refractivity contribution in [3.05, 3.63) is 95.6 Å². The average molecular weight is 545 g/mol. The Hall–Kier alpha value is -4.17. The van der Waals surface area contributed by atoms with Crippen molar-refractivity contribution < 1.29 is 29.0 Å². The molecule has 3 aromatic carbocycles. The van der Waals surface area contributed by atoms with Gasteiger partial charge in [0.05, 0.1) is 12.7 Å². The lowest BCUT2D eigenvalue weighted by Gasteiger charge is -2.25. The van der Waals surface area contributed by atoms with E-state index in [9.17, 15) is 14.4 Å². The molecule has 3 aromatic rings. The number of hydrogen-bond acceptors (Lipinski definition) is 5. The molecule has 0 saturated carbocycles. The van der Waals surface area contributed by atoms with Crippen molar-refractivity contribution in [3.8, 4) is 11.1 Å². The number of carbonyl (C=O) groups excluding carboxylic acids is 2. The number of benzene rings is 3. The van der Waals surface area contributed by atoms with E-state index in [0.717, 1.165) is 27.8 Å². The number of carboxylic acids is 1. The maximum Gasteiger partial charge on any atom is 0.407 e. The quantitative estimate of drug-likeness (QED) is 0.239. The molecule has 0 aromatic heterocycles. The number of rotatable bonds is 14.